The minimum absolute atomic E-state index is 0.109. The van der Waals surface area contributed by atoms with Gasteiger partial charge in [-0.1, -0.05) is 65.2 Å². The van der Waals surface area contributed by atoms with Crippen molar-refractivity contribution in [3.05, 3.63) is 42.4 Å². The van der Waals surface area contributed by atoms with Gasteiger partial charge in [0.15, 0.2) is 6.29 Å². The van der Waals surface area contributed by atoms with Crippen molar-refractivity contribution < 1.29 is 9.18 Å². The summed E-state index contributed by atoms with van der Waals surface area (Å²) in [5, 5.41) is 3.11. The molecule has 1 aromatic carbocycles. The van der Waals surface area contributed by atoms with Crippen LogP contribution in [0.1, 0.15) is 59.3 Å². The van der Waals surface area contributed by atoms with E-state index in [2.05, 4.69) is 42.5 Å². The maximum absolute atomic E-state index is 13.5. The zero-order valence-corrected chi connectivity index (χ0v) is 18.6. The molecule has 1 saturated heterocycles. The van der Waals surface area contributed by atoms with Gasteiger partial charge in [0.2, 0.25) is 0 Å². The van der Waals surface area contributed by atoms with Gasteiger partial charge in [0.25, 0.3) is 0 Å². The third kappa shape index (κ3) is 9.93. The molecule has 1 aliphatic heterocycles. The number of carbonyl (C=O) groups excluding carboxylic acids is 1. The first-order valence-electron chi connectivity index (χ1n) is 11.2. The Kier molecular flexibility index (Phi) is 13.0. The van der Waals surface area contributed by atoms with Gasteiger partial charge in [-0.2, -0.15) is 0 Å². The van der Waals surface area contributed by atoms with E-state index in [9.17, 15) is 9.18 Å². The minimum Gasteiger partial charge on any atom is -0.380 e. The van der Waals surface area contributed by atoms with E-state index in [1.165, 1.54) is 44.6 Å². The number of carbonyl (C=O) groups is 1. The number of likely N-dealkylation sites (N-methyl/N-ethyl adjacent to an activating group) is 1. The van der Waals surface area contributed by atoms with E-state index in [0.29, 0.717) is 11.7 Å². The molecule has 1 aromatic rings. The molecule has 1 aliphatic carbocycles. The molecule has 29 heavy (non-hydrogen) atoms. The molecule has 3 rings (SSSR count). The van der Waals surface area contributed by atoms with Crippen LogP contribution in [-0.2, 0) is 4.79 Å². The van der Waals surface area contributed by atoms with Gasteiger partial charge in [-0.3, -0.25) is 4.79 Å². The van der Waals surface area contributed by atoms with E-state index in [1.807, 2.05) is 12.1 Å². The maximum Gasteiger partial charge on any atom is 0.165 e. The number of allylic oxidation sites excluding steroid dienone is 1. The lowest BCUT2D eigenvalue weighted by atomic mass is 9.95. The second-order valence-corrected chi connectivity index (χ2v) is 7.70. The predicted octanol–water partition coefficient (Wildman–Crippen LogP) is 5.01. The van der Waals surface area contributed by atoms with Gasteiger partial charge in [0.1, 0.15) is 5.82 Å². The molecule has 1 saturated carbocycles. The highest BCUT2D eigenvalue weighted by Gasteiger charge is 2.17. The van der Waals surface area contributed by atoms with Crippen molar-refractivity contribution in [3.63, 3.8) is 0 Å². The number of benzene rings is 1. The standard InChI is InChI=1S/C12H17FN2.C9H15NO.C3H8/c1-2-14-7-9-15(10-8-14)12-6-4-3-5-11(12)13;1-8(7-11)10-9-5-3-2-4-6-9;1-3-2/h3-6H,2,7-10H2,1H3;7,9-10H,1-6H2;3H2,1-2H3. The summed E-state index contributed by atoms with van der Waals surface area (Å²) in [6, 6.07) is 7.52. The van der Waals surface area contributed by atoms with Gasteiger partial charge in [0.05, 0.1) is 11.4 Å². The Balaban J connectivity index is 0.000000265. The van der Waals surface area contributed by atoms with Crippen LogP contribution in [0.2, 0.25) is 0 Å². The van der Waals surface area contributed by atoms with Crippen molar-refractivity contribution in [1.29, 1.82) is 0 Å². The van der Waals surface area contributed by atoms with Crippen LogP contribution in [0.5, 0.6) is 0 Å². The fraction of sp³-hybridized carbons (Fsp3) is 0.625. The molecule has 4 nitrogen and oxygen atoms in total. The molecule has 1 heterocycles. The zero-order chi connectivity index (χ0) is 21.5. The summed E-state index contributed by atoms with van der Waals surface area (Å²) < 4.78 is 13.5. The lowest BCUT2D eigenvalue weighted by Crippen LogP contribution is -2.46. The molecular formula is C24H40FN3O. The smallest absolute Gasteiger partial charge is 0.165 e. The molecule has 1 N–H and O–H groups in total. The first kappa shape index (κ1) is 25.2. The summed E-state index contributed by atoms with van der Waals surface area (Å²) in [7, 11) is 0. The van der Waals surface area contributed by atoms with Crippen LogP contribution in [-0.4, -0.2) is 50.0 Å². The third-order valence-electron chi connectivity index (χ3n) is 5.15. The molecule has 0 aromatic heterocycles. The van der Waals surface area contributed by atoms with Gasteiger partial charge in [-0.05, 0) is 31.5 Å². The molecule has 0 bridgehead atoms. The fourth-order valence-corrected chi connectivity index (χ4v) is 3.56. The van der Waals surface area contributed by atoms with Crippen LogP contribution in [0, 0.1) is 5.82 Å². The number of hydrogen-bond donors (Lipinski definition) is 1. The topological polar surface area (TPSA) is 35.6 Å². The molecule has 0 spiro atoms. The van der Waals surface area contributed by atoms with E-state index in [-0.39, 0.29) is 5.82 Å². The van der Waals surface area contributed by atoms with Crippen molar-refractivity contribution in [2.75, 3.05) is 37.6 Å². The van der Waals surface area contributed by atoms with Gasteiger partial charge < -0.3 is 15.1 Å². The second-order valence-electron chi connectivity index (χ2n) is 7.70. The number of aldehydes is 1. The highest BCUT2D eigenvalue weighted by atomic mass is 19.1. The highest BCUT2D eigenvalue weighted by Crippen LogP contribution is 2.20. The van der Waals surface area contributed by atoms with Gasteiger partial charge >= 0.3 is 0 Å². The number of nitrogens with one attached hydrogen (secondary N) is 1. The maximum atomic E-state index is 13.5. The molecule has 0 unspecified atom stereocenters. The monoisotopic (exact) mass is 405 g/mol. The molecule has 0 atom stereocenters. The average molecular weight is 406 g/mol. The van der Waals surface area contributed by atoms with Crippen molar-refractivity contribution in [3.8, 4) is 0 Å². The van der Waals surface area contributed by atoms with Crippen LogP contribution in [0.25, 0.3) is 0 Å². The minimum atomic E-state index is -0.109. The average Bonchev–Trinajstić information content (AvgIpc) is 2.76. The Bertz CT molecular complexity index is 579. The number of halogens is 1. The summed E-state index contributed by atoms with van der Waals surface area (Å²) in [5.74, 6) is -0.109. The molecule has 0 radical (unpaired) electrons. The quantitative estimate of drug-likeness (QED) is 0.552. The van der Waals surface area contributed by atoms with Crippen LogP contribution < -0.4 is 10.2 Å². The first-order valence-corrected chi connectivity index (χ1v) is 11.2. The highest BCUT2D eigenvalue weighted by molar-refractivity contribution is 5.71. The van der Waals surface area contributed by atoms with Crippen molar-refractivity contribution in [1.82, 2.24) is 10.2 Å². The molecular weight excluding hydrogens is 365 g/mol. The normalized spacial score (nSPS) is 17.3. The van der Waals surface area contributed by atoms with E-state index in [4.69, 9.17) is 0 Å². The van der Waals surface area contributed by atoms with Crippen molar-refractivity contribution >= 4 is 12.0 Å². The van der Waals surface area contributed by atoms with Crippen molar-refractivity contribution in [2.45, 2.75) is 65.3 Å². The number of nitrogens with zero attached hydrogens (tertiary/aromatic N) is 2. The molecule has 2 aliphatic rings. The third-order valence-corrected chi connectivity index (χ3v) is 5.15. The summed E-state index contributed by atoms with van der Waals surface area (Å²) >= 11 is 0. The molecule has 164 valence electrons. The lowest BCUT2D eigenvalue weighted by molar-refractivity contribution is -0.105. The number of para-hydroxylation sites is 1. The lowest BCUT2D eigenvalue weighted by Gasteiger charge is -2.35. The van der Waals surface area contributed by atoms with E-state index < -0.39 is 0 Å². The first-order chi connectivity index (χ1) is 14.0. The number of hydrogen-bond acceptors (Lipinski definition) is 4. The van der Waals surface area contributed by atoms with Crippen LogP contribution in [0.15, 0.2) is 36.5 Å². The van der Waals surface area contributed by atoms with Gasteiger partial charge in [-0.25, -0.2) is 4.39 Å². The number of rotatable bonds is 5. The molecule has 2 fully saturated rings. The Morgan fingerprint density at radius 3 is 2.21 bits per heavy atom. The summed E-state index contributed by atoms with van der Waals surface area (Å²) in [4.78, 5) is 14.7. The van der Waals surface area contributed by atoms with Crippen LogP contribution in [0.3, 0.4) is 0 Å². The van der Waals surface area contributed by atoms with E-state index in [1.54, 1.807) is 6.07 Å². The summed E-state index contributed by atoms with van der Waals surface area (Å²) in [6.07, 6.45) is 8.31. The van der Waals surface area contributed by atoms with Gasteiger partial charge in [-0.15, -0.1) is 0 Å². The Hall–Kier alpha value is -1.88. The largest absolute Gasteiger partial charge is 0.380 e. The molecule has 5 heteroatoms. The second kappa shape index (κ2) is 15.0. The van der Waals surface area contributed by atoms with E-state index in [0.717, 1.165) is 44.7 Å². The van der Waals surface area contributed by atoms with Crippen molar-refractivity contribution in [2.24, 2.45) is 0 Å². The Morgan fingerprint density at radius 1 is 1.10 bits per heavy atom. The SMILES string of the molecule is C=C(C=O)NC1CCCCC1.CCC.CCN1CCN(c2ccccc2F)CC1. The predicted molar refractivity (Wildman–Crippen MR) is 122 cm³/mol. The van der Waals surface area contributed by atoms with E-state index >= 15 is 0 Å². The van der Waals surface area contributed by atoms with Crippen LogP contribution >= 0.6 is 0 Å². The Morgan fingerprint density at radius 2 is 1.69 bits per heavy atom. The fourth-order valence-electron chi connectivity index (χ4n) is 3.56. The Labute approximate surface area is 177 Å². The van der Waals surface area contributed by atoms with Gasteiger partial charge in [0, 0.05) is 32.2 Å². The zero-order valence-electron chi connectivity index (χ0n) is 18.6. The number of anilines is 1. The summed E-state index contributed by atoms with van der Waals surface area (Å²) in [6.45, 7) is 15.0. The molecule has 0 amide bonds. The number of piperazine rings is 1. The van der Waals surface area contributed by atoms with Crippen LogP contribution in [0.4, 0.5) is 10.1 Å². The summed E-state index contributed by atoms with van der Waals surface area (Å²) in [5.41, 5.74) is 1.27.